The number of aromatic nitrogens is 5. The van der Waals surface area contributed by atoms with Gasteiger partial charge in [0.05, 0.1) is 11.2 Å². The van der Waals surface area contributed by atoms with Crippen molar-refractivity contribution in [2.75, 3.05) is 5.32 Å². The molecule has 1 atom stereocenters. The first-order valence-corrected chi connectivity index (χ1v) is 8.83. The number of nitrogens with one attached hydrogen (secondary N) is 1. The quantitative estimate of drug-likeness (QED) is 0.591. The zero-order valence-electron chi connectivity index (χ0n) is 15.1. The molecule has 2 heterocycles. The van der Waals surface area contributed by atoms with E-state index < -0.39 is 6.04 Å². The van der Waals surface area contributed by atoms with Gasteiger partial charge in [0.15, 0.2) is 6.04 Å². The van der Waals surface area contributed by atoms with Crippen LogP contribution in [-0.4, -0.2) is 30.7 Å². The third-order valence-corrected chi connectivity index (χ3v) is 4.57. The van der Waals surface area contributed by atoms with Crippen molar-refractivity contribution < 1.29 is 4.79 Å². The highest BCUT2D eigenvalue weighted by Gasteiger charge is 2.24. The summed E-state index contributed by atoms with van der Waals surface area (Å²) in [6.45, 7) is 4.27. The fourth-order valence-corrected chi connectivity index (χ4v) is 3.30. The molecule has 0 fully saturated rings. The highest BCUT2D eigenvalue weighted by molar-refractivity contribution is 6.03. The summed E-state index contributed by atoms with van der Waals surface area (Å²) in [6.07, 6.45) is 3.49. The minimum absolute atomic E-state index is 0.196. The SMILES string of the molecule is CC(C)n1ccc2c(NC(=O)[C@H](c3ccccc3)n3cnnn3)cccc21. The van der Waals surface area contributed by atoms with E-state index in [1.54, 1.807) is 0 Å². The van der Waals surface area contributed by atoms with Crippen molar-refractivity contribution in [2.24, 2.45) is 0 Å². The van der Waals surface area contributed by atoms with Crippen LogP contribution in [0.2, 0.25) is 0 Å². The molecule has 0 saturated heterocycles. The normalized spacial score (nSPS) is 12.4. The van der Waals surface area contributed by atoms with Crippen molar-refractivity contribution in [1.82, 2.24) is 24.8 Å². The Labute approximate surface area is 156 Å². The molecule has 0 spiro atoms. The zero-order chi connectivity index (χ0) is 18.8. The van der Waals surface area contributed by atoms with Gasteiger partial charge < -0.3 is 9.88 Å². The first kappa shape index (κ1) is 17.0. The van der Waals surface area contributed by atoms with Crippen molar-refractivity contribution >= 4 is 22.5 Å². The lowest BCUT2D eigenvalue weighted by atomic mass is 10.1. The smallest absolute Gasteiger partial charge is 0.253 e. The minimum atomic E-state index is -0.649. The molecule has 1 N–H and O–H groups in total. The second-order valence-electron chi connectivity index (χ2n) is 6.65. The molecule has 0 unspecified atom stereocenters. The van der Waals surface area contributed by atoms with E-state index >= 15 is 0 Å². The van der Waals surface area contributed by atoms with Crippen molar-refractivity contribution in [3.63, 3.8) is 0 Å². The lowest BCUT2D eigenvalue weighted by Crippen LogP contribution is -2.27. The predicted octanol–water partition coefficient (Wildman–Crippen LogP) is 3.44. The van der Waals surface area contributed by atoms with Crippen LogP contribution in [0.4, 0.5) is 5.69 Å². The Morgan fingerprint density at radius 3 is 2.56 bits per heavy atom. The van der Waals surface area contributed by atoms with Crippen LogP contribution in [0.5, 0.6) is 0 Å². The molecule has 0 radical (unpaired) electrons. The maximum Gasteiger partial charge on any atom is 0.253 e. The molecule has 0 saturated carbocycles. The van der Waals surface area contributed by atoms with Crippen LogP contribution < -0.4 is 5.32 Å². The number of hydrogen-bond acceptors (Lipinski definition) is 4. The van der Waals surface area contributed by atoms with E-state index in [4.69, 9.17) is 0 Å². The topological polar surface area (TPSA) is 77.6 Å². The maximum atomic E-state index is 13.2. The van der Waals surface area contributed by atoms with E-state index in [2.05, 4.69) is 45.3 Å². The van der Waals surface area contributed by atoms with Gasteiger partial charge >= 0.3 is 0 Å². The number of rotatable bonds is 5. The minimum Gasteiger partial charge on any atom is -0.345 e. The summed E-state index contributed by atoms with van der Waals surface area (Å²) < 4.78 is 3.64. The number of amides is 1. The van der Waals surface area contributed by atoms with E-state index in [-0.39, 0.29) is 5.91 Å². The van der Waals surface area contributed by atoms with Gasteiger partial charge in [-0.25, -0.2) is 4.68 Å². The van der Waals surface area contributed by atoms with Gasteiger partial charge in [-0.3, -0.25) is 4.79 Å². The van der Waals surface area contributed by atoms with Gasteiger partial charge in [-0.1, -0.05) is 36.4 Å². The zero-order valence-corrected chi connectivity index (χ0v) is 15.1. The van der Waals surface area contributed by atoms with Crippen LogP contribution in [0.3, 0.4) is 0 Å². The highest BCUT2D eigenvalue weighted by atomic mass is 16.2. The van der Waals surface area contributed by atoms with E-state index in [0.717, 1.165) is 22.2 Å². The molecule has 136 valence electrons. The average Bonchev–Trinajstić information content (AvgIpc) is 3.33. The Balaban J connectivity index is 1.71. The third-order valence-electron chi connectivity index (χ3n) is 4.57. The maximum absolute atomic E-state index is 13.2. The lowest BCUT2D eigenvalue weighted by Gasteiger charge is -2.17. The predicted molar refractivity (Wildman–Crippen MR) is 103 cm³/mol. The van der Waals surface area contributed by atoms with Gasteiger partial charge in [0.25, 0.3) is 5.91 Å². The Bertz CT molecular complexity index is 1050. The lowest BCUT2D eigenvalue weighted by molar-refractivity contribution is -0.118. The molecule has 27 heavy (non-hydrogen) atoms. The molecule has 1 amide bonds. The molecular formula is C20H20N6O. The number of hydrogen-bond donors (Lipinski definition) is 1. The van der Waals surface area contributed by atoms with Crippen molar-refractivity contribution in [2.45, 2.75) is 25.9 Å². The monoisotopic (exact) mass is 360 g/mol. The van der Waals surface area contributed by atoms with Crippen LogP contribution >= 0.6 is 0 Å². The molecule has 2 aromatic heterocycles. The molecule has 4 rings (SSSR count). The van der Waals surface area contributed by atoms with Crippen molar-refractivity contribution in [1.29, 1.82) is 0 Å². The fraction of sp³-hybridized carbons (Fsp3) is 0.200. The fourth-order valence-electron chi connectivity index (χ4n) is 3.30. The largest absolute Gasteiger partial charge is 0.345 e. The van der Waals surface area contributed by atoms with Crippen LogP contribution in [0, 0.1) is 0 Å². The first-order chi connectivity index (χ1) is 13.1. The van der Waals surface area contributed by atoms with Crippen molar-refractivity contribution in [3.05, 3.63) is 72.7 Å². The standard InChI is InChI=1S/C20H20N6O/c1-14(2)25-12-11-16-17(9-6-10-18(16)25)22-20(27)19(26-13-21-23-24-26)15-7-4-3-5-8-15/h3-14,19H,1-2H3,(H,22,27)/t19-/m0/s1. The van der Waals surface area contributed by atoms with Crippen LogP contribution in [-0.2, 0) is 4.79 Å². The van der Waals surface area contributed by atoms with Gasteiger partial charge in [-0.15, -0.1) is 5.10 Å². The Morgan fingerprint density at radius 2 is 1.85 bits per heavy atom. The number of carbonyl (C=O) groups excluding carboxylic acids is 1. The molecule has 0 aliphatic carbocycles. The molecule has 4 aromatic rings. The molecule has 0 aliphatic rings. The van der Waals surface area contributed by atoms with Crippen molar-refractivity contribution in [3.8, 4) is 0 Å². The number of carbonyl (C=O) groups is 1. The Hall–Kier alpha value is -3.48. The summed E-state index contributed by atoms with van der Waals surface area (Å²) >= 11 is 0. The van der Waals surface area contributed by atoms with Gasteiger partial charge in [0.1, 0.15) is 6.33 Å². The summed E-state index contributed by atoms with van der Waals surface area (Å²) in [4.78, 5) is 13.2. The van der Waals surface area contributed by atoms with E-state index in [9.17, 15) is 4.79 Å². The summed E-state index contributed by atoms with van der Waals surface area (Å²) in [5.74, 6) is -0.196. The number of anilines is 1. The number of tetrazole rings is 1. The number of benzene rings is 2. The Kier molecular flexibility index (Phi) is 4.42. The molecule has 7 nitrogen and oxygen atoms in total. The van der Waals surface area contributed by atoms with E-state index in [1.165, 1.54) is 11.0 Å². The number of fused-ring (bicyclic) bond motifs is 1. The third kappa shape index (κ3) is 3.19. The summed E-state index contributed by atoms with van der Waals surface area (Å²) in [5, 5.41) is 15.4. The molecule has 7 heteroatoms. The highest BCUT2D eigenvalue weighted by Crippen LogP contribution is 2.28. The van der Waals surface area contributed by atoms with Gasteiger partial charge in [-0.2, -0.15) is 0 Å². The summed E-state index contributed by atoms with van der Waals surface area (Å²) in [6, 6.07) is 17.1. The molecule has 0 bridgehead atoms. The Morgan fingerprint density at radius 1 is 1.04 bits per heavy atom. The molecular weight excluding hydrogens is 340 g/mol. The van der Waals surface area contributed by atoms with E-state index in [0.29, 0.717) is 6.04 Å². The van der Waals surface area contributed by atoms with Gasteiger partial charge in [0.2, 0.25) is 0 Å². The van der Waals surface area contributed by atoms with Crippen LogP contribution in [0.15, 0.2) is 67.1 Å². The van der Waals surface area contributed by atoms with Gasteiger partial charge in [0, 0.05) is 17.6 Å². The molecule has 0 aliphatic heterocycles. The second-order valence-corrected chi connectivity index (χ2v) is 6.65. The molecule has 2 aromatic carbocycles. The van der Waals surface area contributed by atoms with Crippen LogP contribution in [0.25, 0.3) is 10.9 Å². The summed E-state index contributed by atoms with van der Waals surface area (Å²) in [7, 11) is 0. The second kappa shape index (κ2) is 7.03. The van der Waals surface area contributed by atoms with E-state index in [1.807, 2.05) is 54.7 Å². The van der Waals surface area contributed by atoms with Gasteiger partial charge in [-0.05, 0) is 48.0 Å². The number of nitrogens with zero attached hydrogens (tertiary/aromatic N) is 5. The van der Waals surface area contributed by atoms with Crippen LogP contribution in [0.1, 0.15) is 31.5 Å². The summed E-state index contributed by atoms with van der Waals surface area (Å²) in [5.41, 5.74) is 2.67. The first-order valence-electron chi connectivity index (χ1n) is 8.83. The average molecular weight is 360 g/mol.